The van der Waals surface area contributed by atoms with Crippen molar-refractivity contribution in [3.05, 3.63) is 129 Å². The third kappa shape index (κ3) is 9.12. The van der Waals surface area contributed by atoms with E-state index in [4.69, 9.17) is 23.2 Å². The lowest BCUT2D eigenvalue weighted by Gasteiger charge is -2.34. The number of hydrogen-bond acceptors (Lipinski definition) is 4. The van der Waals surface area contributed by atoms with Crippen LogP contribution in [0.2, 0.25) is 10.0 Å². The molecule has 4 aromatic rings. The molecule has 7 nitrogen and oxygen atoms in total. The molecular formula is C36H39Cl2N3O4S. The summed E-state index contributed by atoms with van der Waals surface area (Å²) in [5.74, 6) is -0.883. The molecule has 242 valence electrons. The molecule has 0 spiro atoms. The molecule has 0 aromatic heterocycles. The number of anilines is 1. The van der Waals surface area contributed by atoms with E-state index in [1.54, 1.807) is 12.1 Å². The Labute approximate surface area is 282 Å². The summed E-state index contributed by atoms with van der Waals surface area (Å²) in [6.07, 6.45) is 0.933. The predicted octanol–water partition coefficient (Wildman–Crippen LogP) is 7.36. The molecule has 0 saturated heterocycles. The van der Waals surface area contributed by atoms with Crippen molar-refractivity contribution in [2.75, 3.05) is 10.8 Å². The smallest absolute Gasteiger partial charge is 0.264 e. The lowest BCUT2D eigenvalue weighted by molar-refractivity contribution is -0.140. The largest absolute Gasteiger partial charge is 0.352 e. The third-order valence-electron chi connectivity index (χ3n) is 7.73. The highest BCUT2D eigenvalue weighted by molar-refractivity contribution is 7.92. The van der Waals surface area contributed by atoms with Crippen molar-refractivity contribution in [1.29, 1.82) is 0 Å². The lowest BCUT2D eigenvalue weighted by atomic mass is 10.0. The Balaban J connectivity index is 1.83. The van der Waals surface area contributed by atoms with Gasteiger partial charge in [0.2, 0.25) is 11.8 Å². The Morgan fingerprint density at radius 3 is 2.04 bits per heavy atom. The van der Waals surface area contributed by atoms with E-state index in [2.05, 4.69) is 5.32 Å². The zero-order valence-electron chi connectivity index (χ0n) is 26.4. The van der Waals surface area contributed by atoms with Crippen molar-refractivity contribution in [3.8, 4) is 0 Å². The first kappa shape index (κ1) is 35.0. The van der Waals surface area contributed by atoms with Gasteiger partial charge in [-0.2, -0.15) is 0 Å². The monoisotopic (exact) mass is 679 g/mol. The van der Waals surface area contributed by atoms with Crippen molar-refractivity contribution < 1.29 is 18.0 Å². The first-order chi connectivity index (χ1) is 21.9. The number of benzene rings is 4. The average molecular weight is 681 g/mol. The number of hydrogen-bond donors (Lipinski definition) is 1. The van der Waals surface area contributed by atoms with Crippen molar-refractivity contribution in [2.24, 2.45) is 0 Å². The zero-order chi connectivity index (χ0) is 33.4. The van der Waals surface area contributed by atoms with Crippen LogP contribution in [0, 0.1) is 13.8 Å². The molecule has 0 heterocycles. The molecule has 46 heavy (non-hydrogen) atoms. The molecular weight excluding hydrogens is 641 g/mol. The quantitative estimate of drug-likeness (QED) is 0.160. The number of nitrogens with zero attached hydrogens (tertiary/aromatic N) is 2. The van der Waals surface area contributed by atoms with Crippen LogP contribution in [0.3, 0.4) is 0 Å². The molecule has 2 atom stereocenters. The minimum atomic E-state index is -4.27. The predicted molar refractivity (Wildman–Crippen MR) is 186 cm³/mol. The Morgan fingerprint density at radius 1 is 0.804 bits per heavy atom. The Hall–Kier alpha value is -3.85. The van der Waals surface area contributed by atoms with E-state index in [1.807, 2.05) is 82.3 Å². The van der Waals surface area contributed by atoms with Crippen molar-refractivity contribution in [3.63, 3.8) is 0 Å². The van der Waals surface area contributed by atoms with E-state index in [0.29, 0.717) is 6.42 Å². The highest BCUT2D eigenvalue weighted by atomic mass is 35.5. The summed E-state index contributed by atoms with van der Waals surface area (Å²) in [6.45, 7) is 7.17. The second-order valence-electron chi connectivity index (χ2n) is 11.5. The summed E-state index contributed by atoms with van der Waals surface area (Å²) in [6, 6.07) is 26.8. The van der Waals surface area contributed by atoms with Crippen LogP contribution in [0.15, 0.2) is 102 Å². The van der Waals surface area contributed by atoms with Gasteiger partial charge >= 0.3 is 0 Å². The number of aryl methyl sites for hydroxylation is 2. The van der Waals surface area contributed by atoms with Gasteiger partial charge in [0.25, 0.3) is 10.0 Å². The van der Waals surface area contributed by atoms with Crippen LogP contribution in [0.25, 0.3) is 0 Å². The van der Waals surface area contributed by atoms with Gasteiger partial charge in [0, 0.05) is 29.1 Å². The van der Waals surface area contributed by atoms with Crippen LogP contribution in [-0.2, 0) is 32.6 Å². The van der Waals surface area contributed by atoms with E-state index < -0.39 is 28.5 Å². The van der Waals surface area contributed by atoms with Gasteiger partial charge in [0.05, 0.1) is 10.6 Å². The van der Waals surface area contributed by atoms with Gasteiger partial charge in [0.15, 0.2) is 0 Å². The second kappa shape index (κ2) is 15.6. The molecule has 2 amide bonds. The normalized spacial score (nSPS) is 12.7. The molecule has 0 saturated carbocycles. The fourth-order valence-corrected chi connectivity index (χ4v) is 6.96. The number of nitrogens with one attached hydrogen (secondary N) is 1. The fraction of sp³-hybridized carbons (Fsp3) is 0.278. The average Bonchev–Trinajstić information content (AvgIpc) is 3.01. The molecule has 0 radical (unpaired) electrons. The van der Waals surface area contributed by atoms with Gasteiger partial charge in [-0.05, 0) is 68.7 Å². The van der Waals surface area contributed by atoms with Gasteiger partial charge in [-0.3, -0.25) is 13.9 Å². The minimum Gasteiger partial charge on any atom is -0.352 e. The summed E-state index contributed by atoms with van der Waals surface area (Å²) in [5, 5.41) is 3.47. The highest BCUT2D eigenvalue weighted by Crippen LogP contribution is 2.30. The number of rotatable bonds is 13. The van der Waals surface area contributed by atoms with E-state index >= 15 is 0 Å². The van der Waals surface area contributed by atoms with Gasteiger partial charge in [-0.15, -0.1) is 0 Å². The van der Waals surface area contributed by atoms with E-state index in [0.717, 1.165) is 26.6 Å². The van der Waals surface area contributed by atoms with E-state index in [9.17, 15) is 18.0 Å². The summed E-state index contributed by atoms with van der Waals surface area (Å²) >= 11 is 12.6. The van der Waals surface area contributed by atoms with Crippen LogP contribution in [0.1, 0.15) is 42.5 Å². The molecule has 0 unspecified atom stereocenters. The Kier molecular flexibility index (Phi) is 11.9. The molecule has 4 aromatic carbocycles. The van der Waals surface area contributed by atoms with Gasteiger partial charge < -0.3 is 10.2 Å². The number of halogens is 2. The topological polar surface area (TPSA) is 86.8 Å². The van der Waals surface area contributed by atoms with Gasteiger partial charge in [-0.25, -0.2) is 8.42 Å². The summed E-state index contributed by atoms with van der Waals surface area (Å²) in [7, 11) is -4.27. The summed E-state index contributed by atoms with van der Waals surface area (Å²) in [5.41, 5.74) is 3.67. The van der Waals surface area contributed by atoms with Crippen LogP contribution in [-0.4, -0.2) is 43.8 Å². The number of carbonyl (C=O) groups excluding carboxylic acids is 2. The van der Waals surface area contributed by atoms with Crippen LogP contribution in [0.5, 0.6) is 0 Å². The van der Waals surface area contributed by atoms with Crippen molar-refractivity contribution >= 4 is 50.7 Å². The SMILES string of the molecule is CC[C@@H](C)NC(=O)[C@@H](Cc1ccccc1)N(Cc1cccc(C)c1)C(=O)CN(c1cc(Cl)cc(Cl)c1)S(=O)(=O)c1ccc(C)cc1. The van der Waals surface area contributed by atoms with Crippen molar-refractivity contribution in [1.82, 2.24) is 10.2 Å². The lowest BCUT2D eigenvalue weighted by Crippen LogP contribution is -2.54. The number of amides is 2. The number of sulfonamides is 1. The van der Waals surface area contributed by atoms with Crippen LogP contribution < -0.4 is 9.62 Å². The maximum Gasteiger partial charge on any atom is 0.264 e. The highest BCUT2D eigenvalue weighted by Gasteiger charge is 2.35. The number of carbonyl (C=O) groups is 2. The standard InChI is InChI=1S/C36H39Cl2N3O4S/c1-5-27(4)39-36(43)34(19-28-11-7-6-8-12-28)40(23-29-13-9-10-26(3)18-29)35(42)24-41(32-21-30(37)20-31(38)22-32)46(44,45)33-16-14-25(2)15-17-33/h6-18,20-22,27,34H,5,19,23-24H2,1-4H3,(H,39,43)/t27-,34-/m1/s1. The minimum absolute atomic E-state index is 0.00239. The van der Waals surface area contributed by atoms with Crippen LogP contribution >= 0.6 is 23.2 Å². The first-order valence-electron chi connectivity index (χ1n) is 15.1. The molecule has 0 aliphatic carbocycles. The Bertz CT molecular complexity index is 1750. The second-order valence-corrected chi connectivity index (χ2v) is 14.2. The molecule has 10 heteroatoms. The zero-order valence-corrected chi connectivity index (χ0v) is 28.7. The fourth-order valence-electron chi connectivity index (χ4n) is 5.05. The van der Waals surface area contributed by atoms with Gasteiger partial charge in [-0.1, -0.05) is 108 Å². The van der Waals surface area contributed by atoms with E-state index in [1.165, 1.54) is 35.2 Å². The third-order valence-corrected chi connectivity index (χ3v) is 9.96. The van der Waals surface area contributed by atoms with Crippen LogP contribution in [0.4, 0.5) is 5.69 Å². The molecule has 4 rings (SSSR count). The molecule has 0 bridgehead atoms. The summed E-state index contributed by atoms with van der Waals surface area (Å²) in [4.78, 5) is 30.0. The molecule has 0 aliphatic rings. The summed E-state index contributed by atoms with van der Waals surface area (Å²) < 4.78 is 29.4. The maximum absolute atomic E-state index is 14.6. The van der Waals surface area contributed by atoms with E-state index in [-0.39, 0.29) is 45.5 Å². The maximum atomic E-state index is 14.6. The Morgan fingerprint density at radius 2 is 1.43 bits per heavy atom. The van der Waals surface area contributed by atoms with Gasteiger partial charge in [0.1, 0.15) is 12.6 Å². The molecule has 0 aliphatic heterocycles. The van der Waals surface area contributed by atoms with Crippen molar-refractivity contribution in [2.45, 2.75) is 64.1 Å². The molecule has 0 fully saturated rings. The molecule has 1 N–H and O–H groups in total. The first-order valence-corrected chi connectivity index (χ1v) is 17.3.